The Morgan fingerprint density at radius 2 is 2.12 bits per heavy atom. The van der Waals surface area contributed by atoms with Gasteiger partial charge in [-0.1, -0.05) is 38.3 Å². The van der Waals surface area contributed by atoms with E-state index in [-0.39, 0.29) is 11.8 Å². The maximum absolute atomic E-state index is 12.3. The number of hydrogen-bond donors (Lipinski definition) is 2. The maximum atomic E-state index is 12.3. The fourth-order valence-corrected chi connectivity index (χ4v) is 3.34. The van der Waals surface area contributed by atoms with Gasteiger partial charge in [0.25, 0.3) is 0 Å². The maximum Gasteiger partial charge on any atom is 0.226 e. The Morgan fingerprint density at radius 1 is 1.38 bits per heavy atom. The summed E-state index contributed by atoms with van der Waals surface area (Å²) in [4.78, 5) is 16.6. The number of oxazole rings is 1. The second-order valence-corrected chi connectivity index (χ2v) is 6.55. The molecule has 2 unspecified atom stereocenters. The first-order valence-corrected chi connectivity index (χ1v) is 8.86. The van der Waals surface area contributed by atoms with Crippen molar-refractivity contribution < 1.29 is 14.3 Å². The van der Waals surface area contributed by atoms with Crippen LogP contribution in [-0.4, -0.2) is 22.0 Å². The molecule has 24 heavy (non-hydrogen) atoms. The molecular weight excluding hydrogens is 304 g/mol. The van der Waals surface area contributed by atoms with Crippen LogP contribution in [0, 0.1) is 12.3 Å². The zero-order valence-corrected chi connectivity index (χ0v) is 14.1. The van der Waals surface area contributed by atoms with Crippen molar-refractivity contribution in [2.45, 2.75) is 57.6 Å². The van der Waals surface area contributed by atoms with Gasteiger partial charge in [-0.15, -0.1) is 0 Å². The molecular formula is C19H25N2O3. The van der Waals surface area contributed by atoms with Crippen molar-refractivity contribution in [1.82, 2.24) is 10.3 Å². The predicted molar refractivity (Wildman–Crippen MR) is 92.1 cm³/mol. The number of nitrogens with one attached hydrogen (secondary N) is 1. The smallest absolute Gasteiger partial charge is 0.226 e. The van der Waals surface area contributed by atoms with Crippen LogP contribution in [0.4, 0.5) is 0 Å². The van der Waals surface area contributed by atoms with E-state index in [1.54, 1.807) is 6.42 Å². The third-order valence-electron chi connectivity index (χ3n) is 4.75. The molecule has 1 amide bonds. The molecule has 5 nitrogen and oxygen atoms in total. The van der Waals surface area contributed by atoms with Crippen LogP contribution in [0.5, 0.6) is 0 Å². The van der Waals surface area contributed by atoms with E-state index < -0.39 is 12.1 Å². The molecule has 3 rings (SSSR count). The summed E-state index contributed by atoms with van der Waals surface area (Å²) in [6.45, 7) is 1.93. The van der Waals surface area contributed by atoms with E-state index in [1.807, 2.05) is 31.2 Å². The first-order valence-electron chi connectivity index (χ1n) is 8.86. The molecule has 1 saturated carbocycles. The van der Waals surface area contributed by atoms with Crippen LogP contribution >= 0.6 is 0 Å². The number of rotatable bonds is 6. The largest absolute Gasteiger partial charge is 0.438 e. The molecule has 2 atom stereocenters. The second-order valence-electron chi connectivity index (χ2n) is 6.55. The minimum Gasteiger partial charge on any atom is -0.438 e. The van der Waals surface area contributed by atoms with Gasteiger partial charge in [0.15, 0.2) is 11.7 Å². The van der Waals surface area contributed by atoms with Gasteiger partial charge in [0, 0.05) is 0 Å². The molecule has 1 aromatic carbocycles. The predicted octanol–water partition coefficient (Wildman–Crippen LogP) is 3.54. The van der Waals surface area contributed by atoms with Gasteiger partial charge in [0.1, 0.15) is 5.52 Å². The number of benzene rings is 1. The van der Waals surface area contributed by atoms with Gasteiger partial charge in [-0.3, -0.25) is 4.79 Å². The SMILES string of the molecule is CCC(NC(=O)[CH]C1CCCCC1)C(O)c1nc2ccccc2o1. The molecule has 1 heterocycles. The summed E-state index contributed by atoms with van der Waals surface area (Å²) in [5, 5.41) is 13.5. The highest BCUT2D eigenvalue weighted by Crippen LogP contribution is 2.26. The molecule has 2 aromatic rings. The van der Waals surface area contributed by atoms with Gasteiger partial charge in [0.05, 0.1) is 12.5 Å². The number of aliphatic hydroxyl groups is 1. The van der Waals surface area contributed by atoms with Crippen molar-refractivity contribution in [1.29, 1.82) is 0 Å². The molecule has 0 saturated heterocycles. The van der Waals surface area contributed by atoms with Gasteiger partial charge < -0.3 is 14.8 Å². The standard InChI is InChI=1S/C19H25N2O3/c1-2-14(20-17(22)12-13-8-4-3-5-9-13)18(23)19-21-15-10-6-7-11-16(15)24-19/h6-7,10-14,18,23H,2-5,8-9H2,1H3,(H,20,22). The fourth-order valence-electron chi connectivity index (χ4n) is 3.34. The Bertz CT molecular complexity index is 643. The van der Waals surface area contributed by atoms with Gasteiger partial charge in [-0.2, -0.15) is 0 Å². The summed E-state index contributed by atoms with van der Waals surface area (Å²) >= 11 is 0. The van der Waals surface area contributed by atoms with Crippen LogP contribution in [0.1, 0.15) is 57.4 Å². The van der Waals surface area contributed by atoms with Crippen LogP contribution in [0.2, 0.25) is 0 Å². The van der Waals surface area contributed by atoms with Crippen LogP contribution in [0.25, 0.3) is 11.1 Å². The molecule has 1 aliphatic carbocycles. The summed E-state index contributed by atoms with van der Waals surface area (Å²) in [6.07, 6.45) is 7.24. The van der Waals surface area contributed by atoms with Crippen LogP contribution < -0.4 is 5.32 Å². The molecule has 129 valence electrons. The molecule has 0 aliphatic heterocycles. The first-order chi connectivity index (χ1) is 11.7. The van der Waals surface area contributed by atoms with Gasteiger partial charge in [0.2, 0.25) is 11.8 Å². The second kappa shape index (κ2) is 7.79. The zero-order valence-electron chi connectivity index (χ0n) is 14.1. The minimum atomic E-state index is -0.953. The Balaban J connectivity index is 1.62. The van der Waals surface area contributed by atoms with Crippen molar-refractivity contribution in [3.8, 4) is 0 Å². The zero-order chi connectivity index (χ0) is 16.9. The number of nitrogens with zero attached hydrogens (tertiary/aromatic N) is 1. The van der Waals surface area contributed by atoms with E-state index in [9.17, 15) is 9.90 Å². The van der Waals surface area contributed by atoms with Crippen LogP contribution in [-0.2, 0) is 4.79 Å². The lowest BCUT2D eigenvalue weighted by molar-refractivity contribution is -0.120. The highest BCUT2D eigenvalue weighted by atomic mass is 16.4. The molecule has 1 radical (unpaired) electrons. The van der Waals surface area contributed by atoms with Crippen molar-refractivity contribution in [3.05, 3.63) is 36.6 Å². The van der Waals surface area contributed by atoms with Gasteiger partial charge >= 0.3 is 0 Å². The molecule has 5 heteroatoms. The Kier molecular flexibility index (Phi) is 5.51. The summed E-state index contributed by atoms with van der Waals surface area (Å²) < 4.78 is 5.62. The lowest BCUT2D eigenvalue weighted by Gasteiger charge is -2.24. The molecule has 0 spiro atoms. The van der Waals surface area contributed by atoms with Crippen molar-refractivity contribution in [3.63, 3.8) is 0 Å². The Hall–Kier alpha value is -1.88. The third-order valence-corrected chi connectivity index (χ3v) is 4.75. The average Bonchev–Trinajstić information content (AvgIpc) is 3.04. The average molecular weight is 329 g/mol. The molecule has 0 bridgehead atoms. The van der Waals surface area contributed by atoms with Crippen molar-refractivity contribution in [2.75, 3.05) is 0 Å². The van der Waals surface area contributed by atoms with Crippen molar-refractivity contribution >= 4 is 17.0 Å². The number of carbonyl (C=O) groups excluding carboxylic acids is 1. The quantitative estimate of drug-likeness (QED) is 0.850. The Labute approximate surface area is 142 Å². The number of aromatic nitrogens is 1. The number of hydrogen-bond acceptors (Lipinski definition) is 4. The molecule has 1 fully saturated rings. The van der Waals surface area contributed by atoms with Crippen LogP contribution in [0.3, 0.4) is 0 Å². The summed E-state index contributed by atoms with van der Waals surface area (Å²) in [5.41, 5.74) is 1.35. The highest BCUT2D eigenvalue weighted by molar-refractivity contribution is 5.85. The number of para-hydroxylation sites is 2. The monoisotopic (exact) mass is 329 g/mol. The summed E-state index contributed by atoms with van der Waals surface area (Å²) in [6, 6.07) is 6.98. The first kappa shape index (κ1) is 17.0. The van der Waals surface area contributed by atoms with Crippen molar-refractivity contribution in [2.24, 2.45) is 5.92 Å². The lowest BCUT2D eigenvalue weighted by atomic mass is 9.87. The highest BCUT2D eigenvalue weighted by Gasteiger charge is 2.27. The fraction of sp³-hybridized carbons (Fsp3) is 0.526. The van der Waals surface area contributed by atoms with Gasteiger partial charge in [-0.25, -0.2) is 4.98 Å². The Morgan fingerprint density at radius 3 is 2.83 bits per heavy atom. The number of fused-ring (bicyclic) bond motifs is 1. The normalized spacial score (nSPS) is 18.4. The van der Waals surface area contributed by atoms with E-state index >= 15 is 0 Å². The number of amides is 1. The third kappa shape index (κ3) is 3.96. The van der Waals surface area contributed by atoms with Crippen LogP contribution in [0.15, 0.2) is 28.7 Å². The molecule has 2 N–H and O–H groups in total. The van der Waals surface area contributed by atoms with E-state index in [0.29, 0.717) is 23.4 Å². The summed E-state index contributed by atoms with van der Waals surface area (Å²) in [7, 11) is 0. The molecule has 1 aromatic heterocycles. The number of aliphatic hydroxyl groups excluding tert-OH is 1. The lowest BCUT2D eigenvalue weighted by Crippen LogP contribution is -2.40. The molecule has 1 aliphatic rings. The van der Waals surface area contributed by atoms with Gasteiger partial charge in [-0.05, 0) is 37.3 Å². The summed E-state index contributed by atoms with van der Waals surface area (Å²) in [5.74, 6) is 0.502. The van der Waals surface area contributed by atoms with E-state index in [0.717, 1.165) is 12.8 Å². The van der Waals surface area contributed by atoms with E-state index in [4.69, 9.17) is 4.42 Å². The topological polar surface area (TPSA) is 75.4 Å². The van der Waals surface area contributed by atoms with E-state index in [2.05, 4.69) is 10.3 Å². The van der Waals surface area contributed by atoms with E-state index in [1.165, 1.54) is 19.3 Å². The minimum absolute atomic E-state index is 0.107. The number of carbonyl (C=O) groups is 1.